The summed E-state index contributed by atoms with van der Waals surface area (Å²) in [6.07, 6.45) is 4.98. The Labute approximate surface area is 114 Å². The van der Waals surface area contributed by atoms with E-state index in [0.29, 0.717) is 6.04 Å². The minimum atomic E-state index is 0.346. The Kier molecular flexibility index (Phi) is 5.20. The second-order valence-electron chi connectivity index (χ2n) is 4.49. The van der Waals surface area contributed by atoms with E-state index in [2.05, 4.69) is 39.1 Å². The topological polar surface area (TPSA) is 26.0 Å². The Morgan fingerprint density at radius 3 is 2.81 bits per heavy atom. The van der Waals surface area contributed by atoms with Gasteiger partial charge in [-0.25, -0.2) is 0 Å². The summed E-state index contributed by atoms with van der Waals surface area (Å²) < 4.78 is 1.19. The summed E-state index contributed by atoms with van der Waals surface area (Å²) in [5, 5.41) is 2.14. The second-order valence-corrected chi connectivity index (χ2v) is 7.62. The van der Waals surface area contributed by atoms with Gasteiger partial charge in [0.2, 0.25) is 0 Å². The smallest absolute Gasteiger partial charge is 0.0285 e. The fourth-order valence-electron chi connectivity index (χ4n) is 2.21. The molecular formula is C12H18BrNS2. The molecule has 2 rings (SSSR count). The van der Waals surface area contributed by atoms with Crippen LogP contribution < -0.4 is 5.73 Å². The van der Waals surface area contributed by atoms with Gasteiger partial charge in [0.05, 0.1) is 0 Å². The lowest BCUT2D eigenvalue weighted by Gasteiger charge is -2.24. The Morgan fingerprint density at radius 2 is 2.19 bits per heavy atom. The molecule has 1 aromatic heterocycles. The zero-order valence-corrected chi connectivity index (χ0v) is 12.5. The standard InChI is InChI=1S/C12H18BrNS2/c13-10-6-12(16-8-10)7-11(14)5-9-1-3-15-4-2-9/h6,8-9,11H,1-5,7,14H2. The molecule has 16 heavy (non-hydrogen) atoms. The molecular weight excluding hydrogens is 302 g/mol. The van der Waals surface area contributed by atoms with Crippen LogP contribution in [0.4, 0.5) is 0 Å². The summed E-state index contributed by atoms with van der Waals surface area (Å²) in [6, 6.07) is 2.54. The SMILES string of the molecule is NC(Cc1cc(Br)cs1)CC1CCSCC1. The fraction of sp³-hybridized carbons (Fsp3) is 0.667. The third kappa shape index (κ3) is 4.06. The number of rotatable bonds is 4. The van der Waals surface area contributed by atoms with Gasteiger partial charge in [-0.05, 0) is 65.1 Å². The van der Waals surface area contributed by atoms with Gasteiger partial charge in [0.15, 0.2) is 0 Å². The van der Waals surface area contributed by atoms with Crippen LogP contribution in [-0.4, -0.2) is 17.5 Å². The van der Waals surface area contributed by atoms with Crippen LogP contribution in [0.25, 0.3) is 0 Å². The molecule has 0 aromatic carbocycles. The molecule has 1 aliphatic rings. The third-order valence-electron chi connectivity index (χ3n) is 3.06. The average molecular weight is 320 g/mol. The minimum absolute atomic E-state index is 0.346. The van der Waals surface area contributed by atoms with Gasteiger partial charge in [-0.3, -0.25) is 0 Å². The number of nitrogens with two attached hydrogens (primary N) is 1. The summed E-state index contributed by atoms with van der Waals surface area (Å²) in [4.78, 5) is 1.41. The number of halogens is 1. The molecule has 4 heteroatoms. The molecule has 1 unspecified atom stereocenters. The first kappa shape index (κ1) is 12.9. The molecule has 1 aromatic rings. The predicted octanol–water partition coefficient (Wildman–Crippen LogP) is 3.91. The first-order chi connectivity index (χ1) is 7.74. The van der Waals surface area contributed by atoms with Crippen molar-refractivity contribution in [1.82, 2.24) is 0 Å². The molecule has 0 aliphatic carbocycles. The molecule has 0 spiro atoms. The van der Waals surface area contributed by atoms with E-state index in [-0.39, 0.29) is 0 Å². The van der Waals surface area contributed by atoms with E-state index < -0.39 is 0 Å². The number of hydrogen-bond acceptors (Lipinski definition) is 3. The monoisotopic (exact) mass is 319 g/mol. The first-order valence-corrected chi connectivity index (χ1v) is 8.63. The number of hydrogen-bond donors (Lipinski definition) is 1. The van der Waals surface area contributed by atoms with Crippen LogP contribution in [0.3, 0.4) is 0 Å². The molecule has 0 amide bonds. The maximum Gasteiger partial charge on any atom is 0.0285 e. The van der Waals surface area contributed by atoms with Crippen LogP contribution >= 0.6 is 39.0 Å². The van der Waals surface area contributed by atoms with Gasteiger partial charge in [-0.2, -0.15) is 11.8 Å². The van der Waals surface area contributed by atoms with Gasteiger partial charge in [-0.1, -0.05) is 0 Å². The molecule has 0 bridgehead atoms. The van der Waals surface area contributed by atoms with Crippen molar-refractivity contribution in [3.8, 4) is 0 Å². The van der Waals surface area contributed by atoms with E-state index in [1.807, 2.05) is 11.3 Å². The van der Waals surface area contributed by atoms with Gasteiger partial charge in [0, 0.05) is 20.8 Å². The first-order valence-electron chi connectivity index (χ1n) is 5.80. The van der Waals surface area contributed by atoms with Crippen LogP contribution in [-0.2, 0) is 6.42 Å². The van der Waals surface area contributed by atoms with E-state index in [1.54, 1.807) is 0 Å². The van der Waals surface area contributed by atoms with E-state index in [0.717, 1.165) is 12.3 Å². The van der Waals surface area contributed by atoms with E-state index >= 15 is 0 Å². The maximum atomic E-state index is 6.23. The Balaban J connectivity index is 1.77. The lowest BCUT2D eigenvalue weighted by molar-refractivity contribution is 0.407. The summed E-state index contributed by atoms with van der Waals surface area (Å²) >= 11 is 7.38. The molecule has 1 atom stereocenters. The summed E-state index contributed by atoms with van der Waals surface area (Å²) in [5.41, 5.74) is 6.23. The lowest BCUT2D eigenvalue weighted by atomic mass is 9.93. The zero-order chi connectivity index (χ0) is 11.4. The lowest BCUT2D eigenvalue weighted by Crippen LogP contribution is -2.27. The number of thiophene rings is 1. The highest BCUT2D eigenvalue weighted by Crippen LogP contribution is 2.27. The van der Waals surface area contributed by atoms with Gasteiger partial charge in [-0.15, -0.1) is 11.3 Å². The van der Waals surface area contributed by atoms with Crippen molar-refractivity contribution in [2.45, 2.75) is 31.7 Å². The predicted molar refractivity (Wildman–Crippen MR) is 78.4 cm³/mol. The van der Waals surface area contributed by atoms with Gasteiger partial charge in [0.25, 0.3) is 0 Å². The van der Waals surface area contributed by atoms with Crippen LogP contribution in [0.15, 0.2) is 15.9 Å². The molecule has 1 saturated heterocycles. The van der Waals surface area contributed by atoms with E-state index in [1.165, 1.54) is 40.1 Å². The highest BCUT2D eigenvalue weighted by atomic mass is 79.9. The highest BCUT2D eigenvalue weighted by molar-refractivity contribution is 9.10. The molecule has 2 heterocycles. The molecule has 1 aliphatic heterocycles. The van der Waals surface area contributed by atoms with Crippen molar-refractivity contribution in [2.24, 2.45) is 11.7 Å². The second kappa shape index (κ2) is 6.43. The Hall–Kier alpha value is 0.490. The van der Waals surface area contributed by atoms with Crippen molar-refractivity contribution in [3.63, 3.8) is 0 Å². The normalized spacial score (nSPS) is 19.9. The van der Waals surface area contributed by atoms with Crippen LogP contribution in [0.2, 0.25) is 0 Å². The molecule has 1 fully saturated rings. The molecule has 0 radical (unpaired) electrons. The molecule has 1 nitrogen and oxygen atoms in total. The van der Waals surface area contributed by atoms with Crippen LogP contribution in [0.5, 0.6) is 0 Å². The minimum Gasteiger partial charge on any atom is -0.327 e. The highest BCUT2D eigenvalue weighted by Gasteiger charge is 2.17. The largest absolute Gasteiger partial charge is 0.327 e. The molecule has 90 valence electrons. The fourth-order valence-corrected chi connectivity index (χ4v) is 4.96. The summed E-state index contributed by atoms with van der Waals surface area (Å²) in [6.45, 7) is 0. The Bertz CT molecular complexity index is 321. The average Bonchev–Trinajstić information content (AvgIpc) is 2.65. The third-order valence-corrected chi connectivity index (χ3v) is 5.83. The number of thioether (sulfide) groups is 1. The van der Waals surface area contributed by atoms with Crippen molar-refractivity contribution >= 4 is 39.0 Å². The van der Waals surface area contributed by atoms with Crippen molar-refractivity contribution in [2.75, 3.05) is 11.5 Å². The molecule has 0 saturated carbocycles. The van der Waals surface area contributed by atoms with Gasteiger partial charge >= 0.3 is 0 Å². The molecule has 2 N–H and O–H groups in total. The van der Waals surface area contributed by atoms with Crippen LogP contribution in [0, 0.1) is 5.92 Å². The van der Waals surface area contributed by atoms with Gasteiger partial charge in [0.1, 0.15) is 0 Å². The quantitative estimate of drug-likeness (QED) is 0.910. The van der Waals surface area contributed by atoms with Crippen molar-refractivity contribution in [3.05, 3.63) is 20.8 Å². The van der Waals surface area contributed by atoms with Gasteiger partial charge < -0.3 is 5.73 Å². The van der Waals surface area contributed by atoms with Crippen molar-refractivity contribution in [1.29, 1.82) is 0 Å². The van der Waals surface area contributed by atoms with E-state index in [9.17, 15) is 0 Å². The van der Waals surface area contributed by atoms with Crippen LogP contribution in [0.1, 0.15) is 24.1 Å². The Morgan fingerprint density at radius 1 is 1.44 bits per heavy atom. The van der Waals surface area contributed by atoms with E-state index in [4.69, 9.17) is 5.73 Å². The zero-order valence-electron chi connectivity index (χ0n) is 9.32. The maximum absolute atomic E-state index is 6.23. The summed E-state index contributed by atoms with van der Waals surface area (Å²) in [5.74, 6) is 3.55. The summed E-state index contributed by atoms with van der Waals surface area (Å²) in [7, 11) is 0. The van der Waals surface area contributed by atoms with Crippen molar-refractivity contribution < 1.29 is 0 Å².